The number of nitrogens with zero attached hydrogens (tertiary/aromatic N) is 3. The molecule has 162 valence electrons. The van der Waals surface area contributed by atoms with Gasteiger partial charge in [0.15, 0.2) is 5.16 Å². The van der Waals surface area contributed by atoms with E-state index >= 15 is 0 Å². The van der Waals surface area contributed by atoms with Gasteiger partial charge in [0.05, 0.1) is 23.0 Å². The van der Waals surface area contributed by atoms with Crippen LogP contribution in [0.4, 0.5) is 0 Å². The number of amides is 1. The van der Waals surface area contributed by atoms with Crippen LogP contribution in [0.5, 0.6) is 5.75 Å². The third kappa shape index (κ3) is 4.44. The predicted molar refractivity (Wildman–Crippen MR) is 129 cm³/mol. The fourth-order valence-corrected chi connectivity index (χ4v) is 4.99. The average molecular weight is 465 g/mol. The van der Waals surface area contributed by atoms with E-state index in [2.05, 4.69) is 10.5 Å². The van der Waals surface area contributed by atoms with Crippen molar-refractivity contribution in [3.63, 3.8) is 0 Å². The first-order chi connectivity index (χ1) is 15.5. The van der Waals surface area contributed by atoms with E-state index in [9.17, 15) is 14.7 Å². The van der Waals surface area contributed by atoms with Crippen molar-refractivity contribution in [3.05, 3.63) is 81.0 Å². The number of aromatic nitrogens is 2. The number of hydrogen-bond acceptors (Lipinski definition) is 7. The number of aryl methyl sites for hydroxylation is 2. The van der Waals surface area contributed by atoms with Gasteiger partial charge in [-0.3, -0.25) is 14.2 Å². The summed E-state index contributed by atoms with van der Waals surface area (Å²) >= 11 is 2.64. The van der Waals surface area contributed by atoms with Crippen LogP contribution >= 0.6 is 23.1 Å². The van der Waals surface area contributed by atoms with Gasteiger partial charge in [0.2, 0.25) is 0 Å². The van der Waals surface area contributed by atoms with Gasteiger partial charge in [-0.2, -0.15) is 5.10 Å². The fourth-order valence-electron chi connectivity index (χ4n) is 3.11. The average Bonchev–Trinajstić information content (AvgIpc) is 3.08. The molecule has 0 radical (unpaired) electrons. The standard InChI is InChI=1S/C23H20N4O3S2/c1-14-15(2)32-21-20(14)22(30)27(17-9-4-3-5-10-17)23(25-21)31-13-19(29)26-24-12-16-8-6-7-11-18(16)28/h3-12,28H,13H2,1-2H3,(H,26,29)/b24-12+. The molecular formula is C23H20N4O3S2. The maximum atomic E-state index is 13.4. The van der Waals surface area contributed by atoms with E-state index in [1.54, 1.807) is 22.8 Å². The van der Waals surface area contributed by atoms with E-state index in [0.29, 0.717) is 26.6 Å². The maximum Gasteiger partial charge on any atom is 0.267 e. The Labute approximate surface area is 192 Å². The van der Waals surface area contributed by atoms with Crippen LogP contribution in [0.2, 0.25) is 0 Å². The number of para-hydroxylation sites is 2. The first kappa shape index (κ1) is 21.8. The summed E-state index contributed by atoms with van der Waals surface area (Å²) in [5.74, 6) is -0.258. The molecule has 4 rings (SSSR count). The minimum Gasteiger partial charge on any atom is -0.507 e. The van der Waals surface area contributed by atoms with Crippen molar-refractivity contribution in [1.82, 2.24) is 15.0 Å². The summed E-state index contributed by atoms with van der Waals surface area (Å²) in [5.41, 5.74) is 4.40. The van der Waals surface area contributed by atoms with E-state index < -0.39 is 0 Å². The molecule has 0 aliphatic carbocycles. The van der Waals surface area contributed by atoms with Crippen molar-refractivity contribution in [2.45, 2.75) is 19.0 Å². The third-order valence-electron chi connectivity index (χ3n) is 4.85. The summed E-state index contributed by atoms with van der Waals surface area (Å²) < 4.78 is 1.55. The number of nitrogens with one attached hydrogen (secondary N) is 1. The molecule has 9 heteroatoms. The number of thioether (sulfide) groups is 1. The molecule has 0 saturated carbocycles. The first-order valence-corrected chi connectivity index (χ1v) is 11.6. The lowest BCUT2D eigenvalue weighted by atomic mass is 10.2. The Morgan fingerprint density at radius 3 is 2.66 bits per heavy atom. The molecular weight excluding hydrogens is 444 g/mol. The SMILES string of the molecule is Cc1sc2nc(SCC(=O)N/N=C/c3ccccc3O)n(-c3ccccc3)c(=O)c2c1C. The lowest BCUT2D eigenvalue weighted by Gasteiger charge is -2.12. The predicted octanol–water partition coefficient (Wildman–Crippen LogP) is 4.01. The molecule has 7 nitrogen and oxygen atoms in total. The van der Waals surface area contributed by atoms with Crippen LogP contribution in [0.3, 0.4) is 0 Å². The normalized spacial score (nSPS) is 11.3. The van der Waals surface area contributed by atoms with Crippen molar-refractivity contribution >= 4 is 45.4 Å². The molecule has 0 bridgehead atoms. The zero-order valence-electron chi connectivity index (χ0n) is 17.4. The summed E-state index contributed by atoms with van der Waals surface area (Å²) in [7, 11) is 0. The molecule has 2 aromatic heterocycles. The van der Waals surface area contributed by atoms with Crippen LogP contribution in [0, 0.1) is 13.8 Å². The first-order valence-electron chi connectivity index (χ1n) is 9.76. The highest BCUT2D eigenvalue weighted by atomic mass is 32.2. The van der Waals surface area contributed by atoms with E-state index in [-0.39, 0.29) is 23.0 Å². The summed E-state index contributed by atoms with van der Waals surface area (Å²) in [6.45, 7) is 3.89. The number of hydrazone groups is 1. The molecule has 0 aliphatic heterocycles. The van der Waals surface area contributed by atoms with Crippen LogP contribution < -0.4 is 11.0 Å². The van der Waals surface area contributed by atoms with Crippen LogP contribution in [0.15, 0.2) is 69.6 Å². The van der Waals surface area contributed by atoms with Crippen LogP contribution in [-0.4, -0.2) is 32.5 Å². The van der Waals surface area contributed by atoms with E-state index in [1.165, 1.54) is 35.4 Å². The number of rotatable bonds is 6. The lowest BCUT2D eigenvalue weighted by molar-refractivity contribution is -0.118. The number of fused-ring (bicyclic) bond motifs is 1. The van der Waals surface area contributed by atoms with Gasteiger partial charge in [0.1, 0.15) is 10.6 Å². The van der Waals surface area contributed by atoms with Crippen molar-refractivity contribution in [1.29, 1.82) is 0 Å². The van der Waals surface area contributed by atoms with Gasteiger partial charge in [-0.15, -0.1) is 11.3 Å². The Kier molecular flexibility index (Phi) is 6.38. The molecule has 1 amide bonds. The van der Waals surface area contributed by atoms with Gasteiger partial charge in [0, 0.05) is 10.4 Å². The number of phenolic OH excluding ortho intramolecular Hbond substituents is 1. The molecule has 2 heterocycles. The molecule has 0 aliphatic rings. The molecule has 0 fully saturated rings. The molecule has 32 heavy (non-hydrogen) atoms. The molecule has 2 N–H and O–H groups in total. The molecule has 4 aromatic rings. The highest BCUT2D eigenvalue weighted by molar-refractivity contribution is 7.99. The number of aromatic hydroxyl groups is 1. The second-order valence-electron chi connectivity index (χ2n) is 6.97. The Bertz CT molecular complexity index is 1380. The maximum absolute atomic E-state index is 13.4. The minimum absolute atomic E-state index is 0.0201. The zero-order valence-corrected chi connectivity index (χ0v) is 19.0. The third-order valence-corrected chi connectivity index (χ3v) is 6.89. The Balaban J connectivity index is 1.59. The summed E-state index contributed by atoms with van der Waals surface area (Å²) in [4.78, 5) is 32.1. The van der Waals surface area contributed by atoms with Crippen LogP contribution in [0.25, 0.3) is 15.9 Å². The van der Waals surface area contributed by atoms with Crippen molar-refractivity contribution in [3.8, 4) is 11.4 Å². The Morgan fingerprint density at radius 1 is 1.19 bits per heavy atom. The topological polar surface area (TPSA) is 96.6 Å². The van der Waals surface area contributed by atoms with Gasteiger partial charge < -0.3 is 5.11 Å². The monoisotopic (exact) mass is 464 g/mol. The van der Waals surface area contributed by atoms with Crippen molar-refractivity contribution in [2.75, 3.05) is 5.75 Å². The van der Waals surface area contributed by atoms with Gasteiger partial charge in [-0.1, -0.05) is 42.1 Å². The fraction of sp³-hybridized carbons (Fsp3) is 0.130. The number of thiophene rings is 1. The number of carbonyl (C=O) groups is 1. The zero-order chi connectivity index (χ0) is 22.7. The number of phenols is 1. The lowest BCUT2D eigenvalue weighted by Crippen LogP contribution is -2.24. The summed E-state index contributed by atoms with van der Waals surface area (Å²) in [6, 6.07) is 15.9. The van der Waals surface area contributed by atoms with Gasteiger partial charge in [0.25, 0.3) is 11.5 Å². The molecule has 0 spiro atoms. The van der Waals surface area contributed by atoms with Gasteiger partial charge >= 0.3 is 0 Å². The van der Waals surface area contributed by atoms with Crippen molar-refractivity contribution in [2.24, 2.45) is 5.10 Å². The van der Waals surface area contributed by atoms with Crippen LogP contribution in [0.1, 0.15) is 16.0 Å². The van der Waals surface area contributed by atoms with Crippen LogP contribution in [-0.2, 0) is 4.79 Å². The summed E-state index contributed by atoms with van der Waals surface area (Å²) in [5, 5.41) is 14.7. The highest BCUT2D eigenvalue weighted by Crippen LogP contribution is 2.29. The summed E-state index contributed by atoms with van der Waals surface area (Å²) in [6.07, 6.45) is 1.37. The second kappa shape index (κ2) is 9.37. The molecule has 0 saturated heterocycles. The van der Waals surface area contributed by atoms with Gasteiger partial charge in [-0.25, -0.2) is 10.4 Å². The molecule has 0 unspecified atom stereocenters. The number of hydrogen-bond donors (Lipinski definition) is 2. The van der Waals surface area contributed by atoms with Crippen molar-refractivity contribution < 1.29 is 9.90 Å². The second-order valence-corrected chi connectivity index (χ2v) is 9.12. The number of carbonyl (C=O) groups excluding carboxylic acids is 1. The van der Waals surface area contributed by atoms with E-state index in [1.807, 2.05) is 44.2 Å². The molecule has 2 aromatic carbocycles. The Hall–Kier alpha value is -3.43. The highest BCUT2D eigenvalue weighted by Gasteiger charge is 2.18. The van der Waals surface area contributed by atoms with E-state index in [0.717, 1.165) is 10.4 Å². The smallest absolute Gasteiger partial charge is 0.267 e. The van der Waals surface area contributed by atoms with Gasteiger partial charge in [-0.05, 0) is 43.7 Å². The van der Waals surface area contributed by atoms with E-state index in [4.69, 9.17) is 4.98 Å². The number of benzene rings is 2. The quantitative estimate of drug-likeness (QED) is 0.195. The largest absolute Gasteiger partial charge is 0.507 e. The minimum atomic E-state index is -0.353. The molecule has 0 atom stereocenters. The Morgan fingerprint density at radius 2 is 1.91 bits per heavy atom.